The Morgan fingerprint density at radius 2 is 1.57 bits per heavy atom. The summed E-state index contributed by atoms with van der Waals surface area (Å²) >= 11 is 0. The van der Waals surface area contributed by atoms with Crippen molar-refractivity contribution in [3.05, 3.63) is 35.1 Å². The third kappa shape index (κ3) is 7.68. The summed E-state index contributed by atoms with van der Waals surface area (Å²) < 4.78 is 32.0. The fourth-order valence-corrected chi connectivity index (χ4v) is 7.00. The van der Waals surface area contributed by atoms with E-state index in [0.717, 1.165) is 12.5 Å². The third-order valence-corrected chi connectivity index (χ3v) is 9.95. The summed E-state index contributed by atoms with van der Waals surface area (Å²) in [5.41, 5.74) is -1.23. The van der Waals surface area contributed by atoms with Gasteiger partial charge in [0.1, 0.15) is 5.76 Å². The molecule has 296 valence electrons. The predicted molar refractivity (Wildman–Crippen MR) is 174 cm³/mol. The van der Waals surface area contributed by atoms with Crippen LogP contribution in [0.2, 0.25) is 0 Å². The number of carbonyl (C=O) groups excluding carboxylic acids is 4. The van der Waals surface area contributed by atoms with Crippen LogP contribution >= 0.6 is 0 Å². The zero-order valence-corrected chi connectivity index (χ0v) is 29.7. The van der Waals surface area contributed by atoms with E-state index in [-0.39, 0.29) is 12.2 Å². The van der Waals surface area contributed by atoms with Gasteiger partial charge in [0.05, 0.1) is 31.0 Å². The number of aliphatic carboxylic acids is 3. The highest BCUT2D eigenvalue weighted by atomic mass is 16.6. The van der Waals surface area contributed by atoms with Crippen molar-refractivity contribution in [2.75, 3.05) is 20.7 Å². The SMILES string of the molecule is COc1ccc(C)c2c1O[C@H]1C(OC(=O)C[C@H](OC(=O)[C@H](O)[C@@H](O)C(=O)O)C(=O)O[C@@H](C)C(=O)O[C@@H](CC(=O)O)C(=O)O)=CC[C@@]3(O)[C@@H](C)N(C)CC[C@]213. The molecule has 4 rings (SSSR count). The van der Waals surface area contributed by atoms with E-state index in [0.29, 0.717) is 30.0 Å². The molecule has 2 aliphatic heterocycles. The highest BCUT2D eigenvalue weighted by Crippen LogP contribution is 2.62. The van der Waals surface area contributed by atoms with Crippen LogP contribution in [0.1, 0.15) is 50.7 Å². The molecule has 0 aromatic heterocycles. The van der Waals surface area contributed by atoms with Gasteiger partial charge in [0, 0.05) is 18.0 Å². The van der Waals surface area contributed by atoms with Gasteiger partial charge < -0.3 is 64.0 Å². The van der Waals surface area contributed by atoms with Gasteiger partial charge in [-0.15, -0.1) is 0 Å². The Bertz CT molecular complexity index is 1740. The molecule has 9 atom stereocenters. The lowest BCUT2D eigenvalue weighted by Gasteiger charge is -2.58. The maximum atomic E-state index is 13.5. The van der Waals surface area contributed by atoms with Crippen molar-refractivity contribution < 1.29 is 92.6 Å². The lowest BCUT2D eigenvalue weighted by atomic mass is 9.54. The van der Waals surface area contributed by atoms with Gasteiger partial charge in [0.2, 0.25) is 12.2 Å². The first-order valence-corrected chi connectivity index (χ1v) is 16.5. The number of carboxylic acid groups (broad SMARTS) is 3. The number of nitrogens with zero attached hydrogens (tertiary/aromatic N) is 1. The van der Waals surface area contributed by atoms with E-state index >= 15 is 0 Å². The number of hydrogen-bond donors (Lipinski definition) is 6. The predicted octanol–water partition coefficient (Wildman–Crippen LogP) is -1.20. The van der Waals surface area contributed by atoms with Crippen molar-refractivity contribution >= 4 is 41.8 Å². The lowest BCUT2D eigenvalue weighted by Crippen LogP contribution is -2.71. The quantitative estimate of drug-likeness (QED) is 0.0902. The van der Waals surface area contributed by atoms with Crippen LogP contribution in [0, 0.1) is 6.92 Å². The maximum absolute atomic E-state index is 13.5. The van der Waals surface area contributed by atoms with Crippen LogP contribution in [0.5, 0.6) is 11.5 Å². The molecule has 20 nitrogen and oxygen atoms in total. The fourth-order valence-electron chi connectivity index (χ4n) is 7.00. The average molecular weight is 768 g/mol. The summed E-state index contributed by atoms with van der Waals surface area (Å²) in [5.74, 6) is -11.3. The van der Waals surface area contributed by atoms with Crippen molar-refractivity contribution in [3.63, 3.8) is 0 Å². The molecule has 1 saturated heterocycles. The Labute approximate surface area is 306 Å². The standard InChI is InChI=1S/C34H41NO19/c1-14-6-7-17(49-5)26-23(14)33-10-11-35(4)16(3)34(33,48)9-8-18(27(33)54-26)51-22(38)13-20(53-32(47)25(40)24(39)29(43)44)31(46)50-15(2)30(45)52-19(28(41)42)12-21(36)37/h6-8,15-16,19-20,24-25,27,39-40,48H,9-13H2,1-5H3,(H,36,37)(H,41,42)(H,43,44)/t15-,16+,19-,20-,24+,25+,27-,33-,34+/m0/s1. The van der Waals surface area contributed by atoms with Gasteiger partial charge in [0.15, 0.2) is 35.9 Å². The first kappa shape index (κ1) is 41.4. The van der Waals surface area contributed by atoms with Crippen LogP contribution < -0.4 is 9.47 Å². The molecule has 1 spiro atoms. The summed E-state index contributed by atoms with van der Waals surface area (Å²) in [6, 6.07) is 3.06. The molecule has 6 N–H and O–H groups in total. The van der Waals surface area contributed by atoms with Gasteiger partial charge in [-0.05, 0) is 58.5 Å². The molecule has 1 fully saturated rings. The van der Waals surface area contributed by atoms with E-state index in [1.54, 1.807) is 12.1 Å². The number of piperidine rings is 1. The molecule has 20 heteroatoms. The Hall–Kier alpha value is -5.31. The van der Waals surface area contributed by atoms with Gasteiger partial charge in [-0.2, -0.15) is 0 Å². The second-order valence-electron chi connectivity index (χ2n) is 13.2. The zero-order chi connectivity index (χ0) is 40.4. The highest BCUT2D eigenvalue weighted by molar-refractivity contribution is 5.90. The third-order valence-electron chi connectivity index (χ3n) is 9.95. The number of hydrogen-bond acceptors (Lipinski definition) is 17. The van der Waals surface area contributed by atoms with Crippen LogP contribution in [-0.4, -0.2) is 146 Å². The molecular weight excluding hydrogens is 726 g/mol. The van der Waals surface area contributed by atoms with E-state index < -0.39 is 108 Å². The fraction of sp³-hybridized carbons (Fsp3) is 0.559. The first-order chi connectivity index (χ1) is 25.2. The average Bonchev–Trinajstić information content (AvgIpc) is 3.47. The Balaban J connectivity index is 1.62. The number of fused-ring (bicyclic) bond motifs is 1. The topological polar surface area (TPSA) is 299 Å². The Kier molecular flexibility index (Phi) is 12.3. The summed E-state index contributed by atoms with van der Waals surface area (Å²) in [6.07, 6.45) is -13.8. The smallest absolute Gasteiger partial charge is 0.348 e. The minimum Gasteiger partial charge on any atom is -0.493 e. The molecule has 0 bridgehead atoms. The zero-order valence-electron chi connectivity index (χ0n) is 29.7. The van der Waals surface area contributed by atoms with Gasteiger partial charge in [-0.25, -0.2) is 24.0 Å². The number of esters is 4. The van der Waals surface area contributed by atoms with E-state index in [1.165, 1.54) is 13.2 Å². The summed E-state index contributed by atoms with van der Waals surface area (Å²) in [5, 5.41) is 59.1. The minimum atomic E-state index is -2.77. The van der Waals surface area contributed by atoms with Crippen LogP contribution in [0.25, 0.3) is 0 Å². The van der Waals surface area contributed by atoms with Crippen LogP contribution in [0.3, 0.4) is 0 Å². The van der Waals surface area contributed by atoms with E-state index in [1.807, 2.05) is 25.8 Å². The molecular formula is C34H41NO19. The highest BCUT2D eigenvalue weighted by Gasteiger charge is 2.69. The van der Waals surface area contributed by atoms with E-state index in [2.05, 4.69) is 4.74 Å². The molecule has 0 amide bonds. The summed E-state index contributed by atoms with van der Waals surface area (Å²) in [6.45, 7) is 5.05. The van der Waals surface area contributed by atoms with E-state index in [9.17, 15) is 48.9 Å². The minimum absolute atomic E-state index is 0.0321. The van der Waals surface area contributed by atoms with Gasteiger partial charge in [0.25, 0.3) is 0 Å². The number of likely N-dealkylation sites (N-methyl/N-ethyl adjacent to an activating group) is 1. The Morgan fingerprint density at radius 1 is 0.926 bits per heavy atom. The number of rotatable bonds is 15. The number of carbonyl (C=O) groups is 7. The van der Waals surface area contributed by atoms with Crippen molar-refractivity contribution in [2.45, 2.75) is 100 Å². The normalized spacial score (nSPS) is 25.7. The van der Waals surface area contributed by atoms with E-state index in [4.69, 9.17) is 39.0 Å². The molecule has 1 aliphatic carbocycles. The van der Waals surface area contributed by atoms with Crippen LogP contribution in [0.4, 0.5) is 0 Å². The van der Waals surface area contributed by atoms with Crippen molar-refractivity contribution in [1.29, 1.82) is 0 Å². The molecule has 3 aliphatic rings. The Morgan fingerprint density at radius 3 is 2.17 bits per heavy atom. The van der Waals surface area contributed by atoms with Crippen LogP contribution in [-0.2, 0) is 57.9 Å². The largest absolute Gasteiger partial charge is 0.493 e. The molecule has 0 radical (unpaired) electrons. The first-order valence-electron chi connectivity index (χ1n) is 16.5. The number of benzene rings is 1. The van der Waals surface area contributed by atoms with Gasteiger partial charge in [-0.3, -0.25) is 9.59 Å². The van der Waals surface area contributed by atoms with Crippen molar-refractivity contribution in [2.24, 2.45) is 0 Å². The molecule has 2 heterocycles. The molecule has 54 heavy (non-hydrogen) atoms. The second kappa shape index (κ2) is 16.0. The number of carboxylic acids is 3. The molecule has 0 saturated carbocycles. The summed E-state index contributed by atoms with van der Waals surface area (Å²) in [7, 11) is 3.29. The van der Waals surface area contributed by atoms with Crippen molar-refractivity contribution in [3.8, 4) is 11.5 Å². The number of likely N-dealkylation sites (tertiary alicyclic amines) is 1. The number of aryl methyl sites for hydroxylation is 1. The summed E-state index contributed by atoms with van der Waals surface area (Å²) in [4.78, 5) is 87.2. The number of aliphatic hydroxyl groups excluding tert-OH is 2. The molecule has 1 aromatic carbocycles. The van der Waals surface area contributed by atoms with Gasteiger partial charge >= 0.3 is 41.8 Å². The second-order valence-corrected chi connectivity index (χ2v) is 13.2. The number of methoxy groups -OCH3 is 1. The molecule has 1 aromatic rings. The van der Waals surface area contributed by atoms with Crippen LogP contribution in [0.15, 0.2) is 24.0 Å². The van der Waals surface area contributed by atoms with Gasteiger partial charge in [-0.1, -0.05) is 6.07 Å². The lowest BCUT2D eigenvalue weighted by molar-refractivity contribution is -0.189. The van der Waals surface area contributed by atoms with Crippen molar-refractivity contribution in [1.82, 2.24) is 4.90 Å². The monoisotopic (exact) mass is 767 g/mol. The molecule has 0 unspecified atom stereocenters. The number of aliphatic hydroxyl groups is 3. The number of ether oxygens (including phenoxy) is 6. The maximum Gasteiger partial charge on any atom is 0.348 e.